The average molecular weight is 386 g/mol. The molecule has 2 heterocycles. The molecule has 7 nitrogen and oxygen atoms in total. The first-order chi connectivity index (χ1) is 13.6. The lowest BCUT2D eigenvalue weighted by molar-refractivity contribution is -0.121. The van der Waals surface area contributed by atoms with Gasteiger partial charge in [0.15, 0.2) is 5.82 Å². The molecule has 0 radical (unpaired) electrons. The second-order valence-electron chi connectivity index (χ2n) is 7.20. The normalized spacial score (nSPS) is 15.4. The first kappa shape index (κ1) is 20.2. The van der Waals surface area contributed by atoms with E-state index in [-0.39, 0.29) is 11.8 Å². The number of benzene rings is 1. The average Bonchev–Trinajstić information content (AvgIpc) is 3.19. The summed E-state index contributed by atoms with van der Waals surface area (Å²) < 4.78 is 10.6. The zero-order chi connectivity index (χ0) is 19.9. The molecule has 0 saturated carbocycles. The summed E-state index contributed by atoms with van der Waals surface area (Å²) in [5.41, 5.74) is 2.11. The van der Waals surface area contributed by atoms with Crippen molar-refractivity contribution in [2.24, 2.45) is 5.92 Å². The highest BCUT2D eigenvalue weighted by Crippen LogP contribution is 2.24. The Morgan fingerprint density at radius 1 is 1.14 bits per heavy atom. The molecule has 1 amide bonds. The van der Waals surface area contributed by atoms with Crippen molar-refractivity contribution in [3.63, 3.8) is 0 Å². The quantitative estimate of drug-likeness (QED) is 0.729. The van der Waals surface area contributed by atoms with E-state index in [0.717, 1.165) is 68.1 Å². The second kappa shape index (κ2) is 9.59. The van der Waals surface area contributed by atoms with E-state index in [0.29, 0.717) is 5.82 Å². The Balaban J connectivity index is 1.52. The number of H-pyrrole nitrogens is 1. The number of carbonyl (C=O) groups excluding carboxylic acids is 1. The largest absolute Gasteiger partial charge is 0.497 e. The lowest BCUT2D eigenvalue weighted by atomic mass is 9.96. The number of likely N-dealkylation sites (tertiary alicyclic amines) is 1. The molecule has 3 rings (SSSR count). The van der Waals surface area contributed by atoms with Crippen molar-refractivity contribution in [3.05, 3.63) is 35.5 Å². The van der Waals surface area contributed by atoms with Gasteiger partial charge in [-0.25, -0.2) is 0 Å². The molecule has 1 fully saturated rings. The maximum Gasteiger partial charge on any atom is 0.228 e. The van der Waals surface area contributed by atoms with Crippen molar-refractivity contribution in [1.29, 1.82) is 0 Å². The van der Waals surface area contributed by atoms with Gasteiger partial charge in [0.05, 0.1) is 14.2 Å². The molecule has 1 aliphatic heterocycles. The molecule has 1 aromatic carbocycles. The Kier molecular flexibility index (Phi) is 6.92. The Morgan fingerprint density at radius 2 is 1.82 bits per heavy atom. The van der Waals surface area contributed by atoms with Crippen LogP contribution in [0.25, 0.3) is 0 Å². The summed E-state index contributed by atoms with van der Waals surface area (Å²) in [6.07, 6.45) is 3.43. The first-order valence-electron chi connectivity index (χ1n) is 9.90. The van der Waals surface area contributed by atoms with Gasteiger partial charge < -0.3 is 19.7 Å². The van der Waals surface area contributed by atoms with E-state index in [1.807, 2.05) is 24.3 Å². The maximum absolute atomic E-state index is 12.5. The zero-order valence-electron chi connectivity index (χ0n) is 17.0. The fraction of sp³-hybridized carbons (Fsp3) is 0.524. The third-order valence-electron chi connectivity index (χ3n) is 5.38. The molecule has 1 saturated heterocycles. The molecule has 0 atom stereocenters. The van der Waals surface area contributed by atoms with Crippen LogP contribution in [0.15, 0.2) is 24.3 Å². The van der Waals surface area contributed by atoms with Gasteiger partial charge in [0.1, 0.15) is 11.5 Å². The van der Waals surface area contributed by atoms with E-state index < -0.39 is 0 Å². The molecule has 2 aromatic rings. The molecule has 152 valence electrons. The number of nitrogens with zero attached hydrogens (tertiary/aromatic N) is 2. The molecular weight excluding hydrogens is 356 g/mol. The smallest absolute Gasteiger partial charge is 0.228 e. The van der Waals surface area contributed by atoms with Gasteiger partial charge in [-0.2, -0.15) is 5.10 Å². The Morgan fingerprint density at radius 3 is 2.43 bits per heavy atom. The van der Waals surface area contributed by atoms with E-state index in [1.54, 1.807) is 14.2 Å². The number of amides is 1. The Hall–Kier alpha value is -2.54. The first-order valence-corrected chi connectivity index (χ1v) is 9.90. The van der Waals surface area contributed by atoms with E-state index in [1.165, 1.54) is 0 Å². The highest BCUT2D eigenvalue weighted by molar-refractivity contribution is 5.91. The molecular formula is C21H30N4O3. The number of ether oxygens (including phenoxy) is 2. The van der Waals surface area contributed by atoms with Gasteiger partial charge in [0.2, 0.25) is 5.91 Å². The lowest BCUT2D eigenvalue weighted by Crippen LogP contribution is -2.37. The summed E-state index contributed by atoms with van der Waals surface area (Å²) >= 11 is 0. The minimum Gasteiger partial charge on any atom is -0.497 e. The van der Waals surface area contributed by atoms with Crippen LogP contribution in [-0.2, 0) is 17.6 Å². The van der Waals surface area contributed by atoms with Crippen LogP contribution in [0.2, 0.25) is 0 Å². The number of anilines is 1. The SMILES string of the molecule is CCN1CCC(C(=O)Nc2cc(CCc3cc(OC)cc(OC)c3)[nH]n2)CC1. The Bertz CT molecular complexity index is 759. The van der Waals surface area contributed by atoms with Gasteiger partial charge in [-0.15, -0.1) is 0 Å². The number of aromatic nitrogens is 2. The second-order valence-corrected chi connectivity index (χ2v) is 7.20. The summed E-state index contributed by atoms with van der Waals surface area (Å²) in [5, 5.41) is 10.2. The fourth-order valence-corrected chi connectivity index (χ4v) is 3.58. The molecule has 2 N–H and O–H groups in total. The van der Waals surface area contributed by atoms with Gasteiger partial charge in [0, 0.05) is 23.7 Å². The minimum absolute atomic E-state index is 0.0753. The van der Waals surface area contributed by atoms with Gasteiger partial charge in [0.25, 0.3) is 0 Å². The summed E-state index contributed by atoms with van der Waals surface area (Å²) in [6, 6.07) is 7.78. The number of nitrogens with one attached hydrogen (secondary N) is 2. The lowest BCUT2D eigenvalue weighted by Gasteiger charge is -2.29. The highest BCUT2D eigenvalue weighted by Gasteiger charge is 2.24. The predicted molar refractivity (Wildman–Crippen MR) is 109 cm³/mol. The van der Waals surface area contributed by atoms with Gasteiger partial charge in [-0.3, -0.25) is 9.89 Å². The van der Waals surface area contributed by atoms with E-state index in [2.05, 4.69) is 27.3 Å². The van der Waals surface area contributed by atoms with Crippen molar-refractivity contribution in [2.45, 2.75) is 32.6 Å². The van der Waals surface area contributed by atoms with Crippen molar-refractivity contribution < 1.29 is 14.3 Å². The topological polar surface area (TPSA) is 79.5 Å². The van der Waals surface area contributed by atoms with Crippen LogP contribution in [0.5, 0.6) is 11.5 Å². The third-order valence-corrected chi connectivity index (χ3v) is 5.38. The molecule has 0 aliphatic carbocycles. The molecule has 0 spiro atoms. The maximum atomic E-state index is 12.5. The van der Waals surface area contributed by atoms with E-state index in [4.69, 9.17) is 9.47 Å². The predicted octanol–water partition coefficient (Wildman–Crippen LogP) is 2.88. The summed E-state index contributed by atoms with van der Waals surface area (Å²) in [4.78, 5) is 14.9. The van der Waals surface area contributed by atoms with Crippen LogP contribution in [-0.4, -0.2) is 54.9 Å². The third kappa shape index (κ3) is 5.25. The van der Waals surface area contributed by atoms with E-state index in [9.17, 15) is 4.79 Å². The summed E-state index contributed by atoms with van der Waals surface area (Å²) in [6.45, 7) is 5.19. The zero-order valence-corrected chi connectivity index (χ0v) is 17.0. The molecule has 0 bridgehead atoms. The molecule has 1 aliphatic rings. The molecule has 7 heteroatoms. The number of methoxy groups -OCH3 is 2. The number of aromatic amines is 1. The van der Waals surface area contributed by atoms with Gasteiger partial charge in [-0.1, -0.05) is 6.92 Å². The van der Waals surface area contributed by atoms with Crippen molar-refractivity contribution in [1.82, 2.24) is 15.1 Å². The van der Waals surface area contributed by atoms with Crippen LogP contribution in [0.1, 0.15) is 31.0 Å². The van der Waals surface area contributed by atoms with Gasteiger partial charge >= 0.3 is 0 Å². The fourth-order valence-electron chi connectivity index (χ4n) is 3.58. The highest BCUT2D eigenvalue weighted by atomic mass is 16.5. The number of piperidine rings is 1. The van der Waals surface area contributed by atoms with Crippen LogP contribution in [0.4, 0.5) is 5.82 Å². The van der Waals surface area contributed by atoms with Gasteiger partial charge in [-0.05, 0) is 63.0 Å². The monoisotopic (exact) mass is 386 g/mol. The molecule has 1 aromatic heterocycles. The molecule has 0 unspecified atom stereocenters. The van der Waals surface area contributed by atoms with Crippen molar-refractivity contribution in [3.8, 4) is 11.5 Å². The number of hydrogen-bond donors (Lipinski definition) is 2. The minimum atomic E-state index is 0.0753. The summed E-state index contributed by atoms with van der Waals surface area (Å²) in [5.74, 6) is 2.31. The Labute approximate surface area is 166 Å². The van der Waals surface area contributed by atoms with Crippen molar-refractivity contribution in [2.75, 3.05) is 39.2 Å². The molecule has 28 heavy (non-hydrogen) atoms. The summed E-state index contributed by atoms with van der Waals surface area (Å²) in [7, 11) is 3.29. The van der Waals surface area contributed by atoms with Crippen LogP contribution < -0.4 is 14.8 Å². The number of carbonyl (C=O) groups is 1. The van der Waals surface area contributed by atoms with Crippen LogP contribution in [0, 0.1) is 5.92 Å². The number of aryl methyl sites for hydroxylation is 2. The van der Waals surface area contributed by atoms with Crippen molar-refractivity contribution >= 4 is 11.7 Å². The standard InChI is InChI=1S/C21H30N4O3/c1-4-25-9-7-16(8-10-25)21(26)22-20-13-17(23-24-20)6-5-15-11-18(27-2)14-19(12-15)28-3/h11-14,16H,4-10H2,1-3H3,(H2,22,23,24,26). The van der Waals surface area contributed by atoms with Crippen LogP contribution in [0.3, 0.4) is 0 Å². The van der Waals surface area contributed by atoms with E-state index >= 15 is 0 Å². The number of hydrogen-bond acceptors (Lipinski definition) is 5. The number of rotatable bonds is 8. The van der Waals surface area contributed by atoms with Crippen LogP contribution >= 0.6 is 0 Å².